The number of hydrogen-bond acceptors (Lipinski definition) is 4. The molecule has 0 unspecified atom stereocenters. The number of halogens is 3. The maximum Gasteiger partial charge on any atom is 0.264 e. The van der Waals surface area contributed by atoms with Gasteiger partial charge in [-0.1, -0.05) is 103 Å². The van der Waals surface area contributed by atoms with Crippen molar-refractivity contribution in [3.8, 4) is 0 Å². The van der Waals surface area contributed by atoms with Crippen molar-refractivity contribution in [3.05, 3.63) is 130 Å². The lowest BCUT2D eigenvalue weighted by Gasteiger charge is -2.34. The van der Waals surface area contributed by atoms with Gasteiger partial charge in [0.2, 0.25) is 11.8 Å². The summed E-state index contributed by atoms with van der Waals surface area (Å²) in [7, 11) is -4.34. The van der Waals surface area contributed by atoms with Crippen molar-refractivity contribution in [3.63, 3.8) is 0 Å². The van der Waals surface area contributed by atoms with E-state index in [-0.39, 0.29) is 34.5 Å². The Morgan fingerprint density at radius 1 is 0.867 bits per heavy atom. The molecule has 0 heterocycles. The minimum Gasteiger partial charge on any atom is -0.354 e. The first kappa shape index (κ1) is 34.0. The van der Waals surface area contributed by atoms with Gasteiger partial charge in [-0.05, 0) is 53.9 Å². The van der Waals surface area contributed by atoms with Crippen molar-refractivity contribution in [2.45, 2.75) is 43.7 Å². The van der Waals surface area contributed by atoms with Crippen molar-refractivity contribution in [1.82, 2.24) is 10.2 Å². The Bertz CT molecular complexity index is 1710. The van der Waals surface area contributed by atoms with E-state index in [1.807, 2.05) is 37.3 Å². The number of benzene rings is 4. The summed E-state index contributed by atoms with van der Waals surface area (Å²) in [5, 5.41) is 3.02. The molecule has 4 aromatic rings. The van der Waals surface area contributed by atoms with Gasteiger partial charge in [0.1, 0.15) is 18.4 Å². The van der Waals surface area contributed by atoms with Gasteiger partial charge in [0, 0.05) is 24.5 Å². The number of carbonyl (C=O) groups is 2. The number of nitrogens with one attached hydrogen (secondary N) is 1. The molecule has 0 bridgehead atoms. The van der Waals surface area contributed by atoms with Gasteiger partial charge >= 0.3 is 0 Å². The molecule has 0 aromatic heterocycles. The van der Waals surface area contributed by atoms with E-state index in [0.717, 1.165) is 34.8 Å². The van der Waals surface area contributed by atoms with Crippen LogP contribution in [-0.2, 0) is 32.6 Å². The smallest absolute Gasteiger partial charge is 0.264 e. The summed E-state index contributed by atoms with van der Waals surface area (Å²) < 4.78 is 43.0. The molecule has 1 atom stereocenters. The molecule has 0 saturated heterocycles. The average Bonchev–Trinajstić information content (AvgIpc) is 3.04. The molecule has 11 heteroatoms. The summed E-state index contributed by atoms with van der Waals surface area (Å²) in [6.45, 7) is 1.65. The first-order valence-electron chi connectivity index (χ1n) is 14.5. The molecule has 0 aliphatic rings. The Labute approximate surface area is 273 Å². The van der Waals surface area contributed by atoms with Gasteiger partial charge < -0.3 is 10.2 Å². The van der Waals surface area contributed by atoms with Gasteiger partial charge in [-0.3, -0.25) is 13.9 Å². The summed E-state index contributed by atoms with van der Waals surface area (Å²) in [5.41, 5.74) is 1.38. The summed E-state index contributed by atoms with van der Waals surface area (Å²) in [6, 6.07) is 26.2. The summed E-state index contributed by atoms with van der Waals surface area (Å²) in [5.74, 6) is -1.78. The van der Waals surface area contributed by atoms with Crippen LogP contribution in [0.4, 0.5) is 10.1 Å². The zero-order valence-electron chi connectivity index (χ0n) is 24.7. The fourth-order valence-electron chi connectivity index (χ4n) is 4.76. The largest absolute Gasteiger partial charge is 0.354 e. The van der Waals surface area contributed by atoms with Gasteiger partial charge in [0.15, 0.2) is 0 Å². The van der Waals surface area contributed by atoms with Crippen molar-refractivity contribution < 1.29 is 22.4 Å². The van der Waals surface area contributed by atoms with E-state index in [2.05, 4.69) is 5.32 Å². The highest BCUT2D eigenvalue weighted by Gasteiger charge is 2.35. The quantitative estimate of drug-likeness (QED) is 0.148. The Morgan fingerprint density at radius 3 is 2.16 bits per heavy atom. The van der Waals surface area contributed by atoms with Crippen LogP contribution < -0.4 is 9.62 Å². The molecular weight excluding hydrogens is 636 g/mol. The fraction of sp³-hybridized carbons (Fsp3) is 0.235. The number of rotatable bonds is 14. The number of hydrogen-bond donors (Lipinski definition) is 1. The molecule has 2 amide bonds. The molecule has 0 spiro atoms. The summed E-state index contributed by atoms with van der Waals surface area (Å²) in [4.78, 5) is 29.5. The predicted octanol–water partition coefficient (Wildman–Crippen LogP) is 6.88. The average molecular weight is 671 g/mol. The summed E-state index contributed by atoms with van der Waals surface area (Å²) >= 11 is 12.6. The van der Waals surface area contributed by atoms with Crippen molar-refractivity contribution in [2.75, 3.05) is 17.4 Å². The molecule has 0 fully saturated rings. The van der Waals surface area contributed by atoms with Gasteiger partial charge in [-0.2, -0.15) is 0 Å². The topological polar surface area (TPSA) is 86.8 Å². The highest BCUT2D eigenvalue weighted by Crippen LogP contribution is 2.29. The maximum atomic E-state index is 14.4. The van der Waals surface area contributed by atoms with Gasteiger partial charge in [-0.15, -0.1) is 0 Å². The minimum absolute atomic E-state index is 0.0108. The molecule has 4 aromatic carbocycles. The number of unbranched alkanes of at least 4 members (excludes halogenated alkanes) is 1. The number of amides is 2. The molecule has 4 rings (SSSR count). The SMILES string of the molecule is CCCCNC(=O)[C@H](Cc1ccccc1)N(Cc1ccccc1Cl)C(=O)CN(c1ccc(F)c(Cl)c1)S(=O)(=O)c1ccccc1. The molecule has 0 aliphatic carbocycles. The van der Waals surface area contributed by atoms with Crippen molar-refractivity contribution in [2.24, 2.45) is 0 Å². The lowest BCUT2D eigenvalue weighted by molar-refractivity contribution is -0.140. The van der Waals surface area contributed by atoms with Crippen LogP contribution in [0, 0.1) is 5.82 Å². The van der Waals surface area contributed by atoms with E-state index < -0.39 is 34.3 Å². The van der Waals surface area contributed by atoms with Crippen LogP contribution in [0.25, 0.3) is 0 Å². The lowest BCUT2D eigenvalue weighted by atomic mass is 10.0. The number of anilines is 1. The number of nitrogens with zero attached hydrogens (tertiary/aromatic N) is 2. The molecule has 0 aliphatic heterocycles. The van der Waals surface area contributed by atoms with E-state index in [9.17, 15) is 22.4 Å². The van der Waals surface area contributed by atoms with Crippen LogP contribution in [0.2, 0.25) is 10.0 Å². The molecule has 0 radical (unpaired) electrons. The third-order valence-corrected chi connectivity index (χ3v) is 9.65. The molecule has 236 valence electrons. The predicted molar refractivity (Wildman–Crippen MR) is 176 cm³/mol. The van der Waals surface area contributed by atoms with Crippen LogP contribution in [-0.4, -0.2) is 44.3 Å². The standard InChI is InChI=1S/C34H34Cl2FN3O4S/c1-2-3-20-38-34(42)32(21-25-12-6-4-7-13-25)39(23-26-14-10-11-17-29(26)35)33(41)24-40(27-18-19-31(37)30(36)22-27)45(43,44)28-15-8-5-9-16-28/h4-19,22,32H,2-3,20-21,23-24H2,1H3,(H,38,42)/t32-/m0/s1. The van der Waals surface area contributed by atoms with E-state index in [1.54, 1.807) is 42.5 Å². The molecule has 0 saturated carbocycles. The number of sulfonamides is 1. The normalized spacial score (nSPS) is 11.9. The molecule has 7 nitrogen and oxygen atoms in total. The third-order valence-electron chi connectivity index (χ3n) is 7.20. The van der Waals surface area contributed by atoms with Gasteiger partial charge in [-0.25, -0.2) is 12.8 Å². The van der Waals surface area contributed by atoms with Crippen LogP contribution in [0.3, 0.4) is 0 Å². The van der Waals surface area contributed by atoms with E-state index in [1.165, 1.54) is 23.1 Å². The Hall–Kier alpha value is -3.92. The van der Waals surface area contributed by atoms with Crippen molar-refractivity contribution in [1.29, 1.82) is 0 Å². The Balaban J connectivity index is 1.81. The van der Waals surface area contributed by atoms with Crippen LogP contribution in [0.5, 0.6) is 0 Å². The van der Waals surface area contributed by atoms with E-state index in [4.69, 9.17) is 23.2 Å². The second-order valence-electron chi connectivity index (χ2n) is 10.4. The third kappa shape index (κ3) is 8.84. The van der Waals surface area contributed by atoms with Crippen LogP contribution >= 0.6 is 23.2 Å². The fourth-order valence-corrected chi connectivity index (χ4v) is 6.56. The highest BCUT2D eigenvalue weighted by molar-refractivity contribution is 7.92. The van der Waals surface area contributed by atoms with Gasteiger partial charge in [0.05, 0.1) is 15.6 Å². The Kier molecular flexibility index (Phi) is 12.0. The minimum atomic E-state index is -4.34. The molecular formula is C34H34Cl2FN3O4S. The van der Waals surface area contributed by atoms with Crippen molar-refractivity contribution >= 4 is 50.7 Å². The highest BCUT2D eigenvalue weighted by atomic mass is 35.5. The first-order chi connectivity index (χ1) is 21.6. The second-order valence-corrected chi connectivity index (χ2v) is 13.1. The van der Waals surface area contributed by atoms with Gasteiger partial charge in [0.25, 0.3) is 10.0 Å². The van der Waals surface area contributed by atoms with E-state index in [0.29, 0.717) is 17.1 Å². The monoisotopic (exact) mass is 669 g/mol. The first-order valence-corrected chi connectivity index (χ1v) is 16.7. The van der Waals surface area contributed by atoms with Crippen LogP contribution in [0.15, 0.2) is 108 Å². The van der Waals surface area contributed by atoms with E-state index >= 15 is 0 Å². The second kappa shape index (κ2) is 15.9. The van der Waals surface area contributed by atoms with Crippen LogP contribution in [0.1, 0.15) is 30.9 Å². The summed E-state index contributed by atoms with van der Waals surface area (Å²) in [6.07, 6.45) is 1.78. The zero-order valence-corrected chi connectivity index (χ0v) is 27.0. The number of carbonyl (C=O) groups excluding carboxylic acids is 2. The Morgan fingerprint density at radius 2 is 1.51 bits per heavy atom. The maximum absolute atomic E-state index is 14.4. The molecule has 45 heavy (non-hydrogen) atoms. The lowest BCUT2D eigenvalue weighted by Crippen LogP contribution is -2.53. The molecule has 1 N–H and O–H groups in total. The zero-order chi connectivity index (χ0) is 32.4.